The molecule has 0 N–H and O–H groups in total. The molecule has 1 nitrogen and oxygen atoms in total. The van der Waals surface area contributed by atoms with Crippen molar-refractivity contribution in [3.05, 3.63) is 42.0 Å². The maximum absolute atomic E-state index is 4.65. The molecule has 1 aromatic carbocycles. The molecule has 1 aliphatic rings. The van der Waals surface area contributed by atoms with E-state index in [0.717, 1.165) is 12.1 Å². The van der Waals surface area contributed by atoms with Crippen LogP contribution in [0.3, 0.4) is 0 Å². The lowest BCUT2D eigenvalue weighted by Crippen LogP contribution is -2.04. The highest BCUT2D eigenvalue weighted by Gasteiger charge is 2.06. The van der Waals surface area contributed by atoms with Gasteiger partial charge in [0.1, 0.15) is 0 Å². The molecule has 0 amide bonds. The summed E-state index contributed by atoms with van der Waals surface area (Å²) in [5.41, 5.74) is 3.67. The lowest BCUT2D eigenvalue weighted by molar-refractivity contribution is 0.866. The predicted octanol–water partition coefficient (Wildman–Crippen LogP) is 3.89. The Morgan fingerprint density at radius 1 is 1.14 bits per heavy atom. The van der Waals surface area contributed by atoms with Crippen LogP contribution in [0.25, 0.3) is 0 Å². The van der Waals surface area contributed by atoms with Crippen LogP contribution in [-0.2, 0) is 0 Å². The van der Waals surface area contributed by atoms with Gasteiger partial charge >= 0.3 is 0 Å². The van der Waals surface area contributed by atoms with E-state index in [2.05, 4.69) is 30.1 Å². The summed E-state index contributed by atoms with van der Waals surface area (Å²) in [7, 11) is 0. The van der Waals surface area contributed by atoms with Gasteiger partial charge in [-0.05, 0) is 43.9 Å². The van der Waals surface area contributed by atoms with Gasteiger partial charge < -0.3 is 0 Å². The number of hydrogen-bond acceptors (Lipinski definition) is 1. The number of rotatable bonds is 1. The Hall–Kier alpha value is -1.37. The molecule has 1 heteroatoms. The molecule has 0 unspecified atom stereocenters. The lowest BCUT2D eigenvalue weighted by atomic mass is 9.98. The highest BCUT2D eigenvalue weighted by Crippen LogP contribution is 2.19. The number of aliphatic imine (C=N–C) groups is 1. The summed E-state index contributed by atoms with van der Waals surface area (Å²) in [4.78, 5) is 4.65. The number of allylic oxidation sites excluding steroid dienone is 2. The van der Waals surface area contributed by atoms with Crippen molar-refractivity contribution in [3.8, 4) is 0 Å². The molecule has 2 rings (SSSR count). The first-order valence-corrected chi connectivity index (χ1v) is 5.16. The van der Waals surface area contributed by atoms with Gasteiger partial charge in [-0.1, -0.05) is 24.3 Å². The third-order valence-electron chi connectivity index (χ3n) is 2.54. The minimum atomic E-state index is 1.07. The molecule has 0 radical (unpaired) electrons. The van der Waals surface area contributed by atoms with Crippen LogP contribution in [0.4, 0.5) is 5.69 Å². The molecule has 0 bridgehead atoms. The van der Waals surface area contributed by atoms with Crippen molar-refractivity contribution in [1.82, 2.24) is 0 Å². The maximum atomic E-state index is 4.65. The first-order chi connectivity index (χ1) is 6.86. The smallest absolute Gasteiger partial charge is 0.0633 e. The predicted molar refractivity (Wildman–Crippen MR) is 61.1 cm³/mol. The Bertz CT molecular complexity index is 360. The average molecular weight is 185 g/mol. The summed E-state index contributed by atoms with van der Waals surface area (Å²) in [6.45, 7) is 2.15. The molecule has 72 valence electrons. The van der Waals surface area contributed by atoms with E-state index in [9.17, 15) is 0 Å². The van der Waals surface area contributed by atoms with E-state index in [1.165, 1.54) is 24.1 Å². The zero-order valence-corrected chi connectivity index (χ0v) is 8.53. The monoisotopic (exact) mass is 185 g/mol. The third kappa shape index (κ3) is 2.11. The van der Waals surface area contributed by atoms with Crippen molar-refractivity contribution < 1.29 is 0 Å². The van der Waals surface area contributed by atoms with Crippen LogP contribution >= 0.6 is 0 Å². The largest absolute Gasteiger partial charge is 0.253 e. The first-order valence-electron chi connectivity index (χ1n) is 5.16. The SMILES string of the molecule is CC1=CCCCC1=Nc1ccccc1. The number of hydrogen-bond donors (Lipinski definition) is 0. The number of para-hydroxylation sites is 1. The van der Waals surface area contributed by atoms with E-state index in [4.69, 9.17) is 0 Å². The summed E-state index contributed by atoms with van der Waals surface area (Å²) >= 11 is 0. The Morgan fingerprint density at radius 2 is 1.93 bits per heavy atom. The summed E-state index contributed by atoms with van der Waals surface area (Å²) in [6, 6.07) is 10.2. The summed E-state index contributed by atoms with van der Waals surface area (Å²) < 4.78 is 0. The highest BCUT2D eigenvalue weighted by atomic mass is 14.7. The van der Waals surface area contributed by atoms with Crippen LogP contribution in [0.1, 0.15) is 26.2 Å². The van der Waals surface area contributed by atoms with Gasteiger partial charge in [0.25, 0.3) is 0 Å². The van der Waals surface area contributed by atoms with Gasteiger partial charge in [0, 0.05) is 5.71 Å². The molecular formula is C13H15N. The van der Waals surface area contributed by atoms with Crippen LogP contribution in [0.5, 0.6) is 0 Å². The van der Waals surface area contributed by atoms with Crippen LogP contribution in [-0.4, -0.2) is 5.71 Å². The fraction of sp³-hybridized carbons (Fsp3) is 0.308. The van der Waals surface area contributed by atoms with Crippen molar-refractivity contribution in [2.45, 2.75) is 26.2 Å². The summed E-state index contributed by atoms with van der Waals surface area (Å²) in [6.07, 6.45) is 5.85. The van der Waals surface area contributed by atoms with Gasteiger partial charge in [-0.3, -0.25) is 4.99 Å². The van der Waals surface area contributed by atoms with Crippen molar-refractivity contribution in [3.63, 3.8) is 0 Å². The molecule has 1 aliphatic carbocycles. The van der Waals surface area contributed by atoms with Crippen LogP contribution in [0, 0.1) is 0 Å². The van der Waals surface area contributed by atoms with E-state index >= 15 is 0 Å². The standard InChI is InChI=1S/C13H15N/c1-11-7-5-6-10-13(11)14-12-8-3-2-4-9-12/h2-4,7-9H,5-6,10H2,1H3. The summed E-state index contributed by atoms with van der Waals surface area (Å²) in [5.74, 6) is 0. The second-order valence-corrected chi connectivity index (χ2v) is 3.67. The Balaban J connectivity index is 2.26. The van der Waals surface area contributed by atoms with Gasteiger partial charge in [0.15, 0.2) is 0 Å². The Kier molecular flexibility index (Phi) is 2.78. The fourth-order valence-electron chi connectivity index (χ4n) is 1.71. The molecule has 0 aromatic heterocycles. The molecule has 0 spiro atoms. The highest BCUT2D eigenvalue weighted by molar-refractivity contribution is 6.01. The molecule has 0 atom stereocenters. The molecule has 0 saturated heterocycles. The zero-order valence-electron chi connectivity index (χ0n) is 8.53. The van der Waals surface area contributed by atoms with Gasteiger partial charge in [0.2, 0.25) is 0 Å². The number of nitrogens with zero attached hydrogens (tertiary/aromatic N) is 1. The third-order valence-corrected chi connectivity index (χ3v) is 2.54. The van der Waals surface area contributed by atoms with E-state index in [-0.39, 0.29) is 0 Å². The van der Waals surface area contributed by atoms with Crippen molar-refractivity contribution in [2.24, 2.45) is 4.99 Å². The van der Waals surface area contributed by atoms with Crippen molar-refractivity contribution in [2.75, 3.05) is 0 Å². The van der Waals surface area contributed by atoms with E-state index in [1.54, 1.807) is 0 Å². The van der Waals surface area contributed by atoms with Gasteiger partial charge in [0.05, 0.1) is 5.69 Å². The van der Waals surface area contributed by atoms with Crippen molar-refractivity contribution >= 4 is 11.4 Å². The molecule has 14 heavy (non-hydrogen) atoms. The maximum Gasteiger partial charge on any atom is 0.0633 e. The van der Waals surface area contributed by atoms with Crippen molar-refractivity contribution in [1.29, 1.82) is 0 Å². The minimum absolute atomic E-state index is 1.07. The summed E-state index contributed by atoms with van der Waals surface area (Å²) in [5, 5.41) is 0. The van der Waals surface area contributed by atoms with Gasteiger partial charge in [-0.2, -0.15) is 0 Å². The molecular weight excluding hydrogens is 170 g/mol. The molecule has 0 aliphatic heterocycles. The van der Waals surface area contributed by atoms with Crippen LogP contribution in [0.15, 0.2) is 47.0 Å². The molecule has 0 saturated carbocycles. The normalized spacial score (nSPS) is 19.5. The van der Waals surface area contributed by atoms with E-state index < -0.39 is 0 Å². The quantitative estimate of drug-likeness (QED) is 0.629. The Morgan fingerprint density at radius 3 is 2.64 bits per heavy atom. The van der Waals surface area contributed by atoms with Gasteiger partial charge in [-0.25, -0.2) is 0 Å². The van der Waals surface area contributed by atoms with Crippen LogP contribution in [0.2, 0.25) is 0 Å². The zero-order chi connectivity index (χ0) is 9.80. The molecule has 0 heterocycles. The fourth-order valence-corrected chi connectivity index (χ4v) is 1.71. The van der Waals surface area contributed by atoms with Crippen LogP contribution < -0.4 is 0 Å². The van der Waals surface area contributed by atoms with E-state index in [0.29, 0.717) is 0 Å². The molecule has 1 aromatic rings. The van der Waals surface area contributed by atoms with E-state index in [1.807, 2.05) is 18.2 Å². The lowest BCUT2D eigenvalue weighted by Gasteiger charge is -2.11. The Labute approximate surface area is 85.2 Å². The minimum Gasteiger partial charge on any atom is -0.253 e. The molecule has 0 fully saturated rings. The second kappa shape index (κ2) is 4.23. The number of benzene rings is 1. The average Bonchev–Trinajstić information content (AvgIpc) is 2.23. The van der Waals surface area contributed by atoms with Gasteiger partial charge in [-0.15, -0.1) is 0 Å². The second-order valence-electron chi connectivity index (χ2n) is 3.67. The first kappa shape index (κ1) is 9.20. The topological polar surface area (TPSA) is 12.4 Å².